The molecule has 2 N–H and O–H groups in total. The highest BCUT2D eigenvalue weighted by Crippen LogP contribution is 2.35. The molecule has 3 aliphatic rings. The van der Waals surface area contributed by atoms with E-state index in [1.54, 1.807) is 36.4 Å². The van der Waals surface area contributed by atoms with Crippen LogP contribution in [-0.4, -0.2) is 58.5 Å². The van der Waals surface area contributed by atoms with Crippen LogP contribution in [0.2, 0.25) is 0 Å². The van der Waals surface area contributed by atoms with Crippen LogP contribution in [0.1, 0.15) is 22.3 Å². The highest BCUT2D eigenvalue weighted by molar-refractivity contribution is 6.21. The molecule has 0 radical (unpaired) electrons. The third kappa shape index (κ3) is 6.02. The third-order valence-corrected chi connectivity index (χ3v) is 6.99. The molecule has 2 aromatic rings. The van der Waals surface area contributed by atoms with Crippen LogP contribution >= 0.6 is 0 Å². The van der Waals surface area contributed by atoms with E-state index in [1.165, 1.54) is 24.3 Å². The molecule has 0 saturated carbocycles. The number of carbonyl (C=O) groups is 6. The van der Waals surface area contributed by atoms with E-state index in [4.69, 9.17) is 9.47 Å². The average Bonchev–Trinajstić information content (AvgIpc) is 2.92. The second-order valence-electron chi connectivity index (χ2n) is 10.0. The summed E-state index contributed by atoms with van der Waals surface area (Å²) in [5, 5.41) is 18.5. The number of rotatable bonds is 6. The van der Waals surface area contributed by atoms with Gasteiger partial charge in [0.15, 0.2) is 36.3 Å². The number of hydrogen-bond acceptors (Lipinski definition) is 8. The normalized spacial score (nSPS) is 16.6. The van der Waals surface area contributed by atoms with Crippen molar-refractivity contribution in [2.24, 2.45) is 0 Å². The SMILES string of the molecule is O=C1C=C2Cc3cccc(c3OCC(=O)O)CC3=CC(=O)C=C(Cc4cccc(c4OCC(=O)O)CC(=C1)C2=O)C3=O. The van der Waals surface area contributed by atoms with E-state index < -0.39 is 48.3 Å². The van der Waals surface area contributed by atoms with Crippen molar-refractivity contribution in [3.8, 4) is 11.5 Å². The quantitative estimate of drug-likeness (QED) is 0.496. The Labute approximate surface area is 239 Å². The van der Waals surface area contributed by atoms with Crippen molar-refractivity contribution in [3.05, 3.63) is 105 Å². The highest BCUT2D eigenvalue weighted by Gasteiger charge is 2.29. The van der Waals surface area contributed by atoms with Gasteiger partial charge in [0.05, 0.1) is 0 Å². The molecule has 10 nitrogen and oxygen atoms in total. The summed E-state index contributed by atoms with van der Waals surface area (Å²) < 4.78 is 11.3. The third-order valence-electron chi connectivity index (χ3n) is 6.99. The van der Waals surface area contributed by atoms with Crippen molar-refractivity contribution < 1.29 is 48.5 Å². The number of benzene rings is 2. The van der Waals surface area contributed by atoms with Crippen molar-refractivity contribution in [3.63, 3.8) is 0 Å². The first-order valence-corrected chi connectivity index (χ1v) is 13.0. The van der Waals surface area contributed by atoms with Gasteiger partial charge in [0.25, 0.3) is 0 Å². The predicted octanol–water partition coefficient (Wildman–Crippen LogP) is 2.51. The summed E-state index contributed by atoms with van der Waals surface area (Å²) in [6.07, 6.45) is 4.59. The number of para-hydroxylation sites is 2. The monoisotopic (exact) mass is 568 g/mol. The van der Waals surface area contributed by atoms with Crippen LogP contribution in [0.5, 0.6) is 11.5 Å². The smallest absolute Gasteiger partial charge is 0.341 e. The zero-order valence-corrected chi connectivity index (χ0v) is 22.2. The van der Waals surface area contributed by atoms with E-state index in [0.29, 0.717) is 22.3 Å². The summed E-state index contributed by atoms with van der Waals surface area (Å²) in [4.78, 5) is 75.3. The first kappa shape index (κ1) is 28.2. The summed E-state index contributed by atoms with van der Waals surface area (Å²) in [5.41, 5.74) is 2.31. The standard InChI is InChI=1S/C32H24O10/c33-25-11-21-7-17-3-1-4-18(31(17)41-15-27(35)36)8-22-12-26(34)14-24(30(22)40)10-20-6-2-5-19(9-23(13-25)29(21)39)32(20)42-16-28(37)38/h1-6,11-14H,7-10,15-16H2,(H,35,36)(H,37,38). The molecule has 212 valence electrons. The zero-order chi connectivity index (χ0) is 30.0. The Balaban J connectivity index is 1.67. The van der Waals surface area contributed by atoms with Gasteiger partial charge in [0, 0.05) is 48.0 Å². The van der Waals surface area contributed by atoms with Gasteiger partial charge in [-0.15, -0.1) is 0 Å². The summed E-state index contributed by atoms with van der Waals surface area (Å²) in [5.74, 6) is -3.82. The van der Waals surface area contributed by atoms with Crippen LogP contribution in [0, 0.1) is 0 Å². The van der Waals surface area contributed by atoms with Crippen LogP contribution in [0.25, 0.3) is 0 Å². The number of allylic oxidation sites excluding steroid dienone is 8. The molecule has 42 heavy (non-hydrogen) atoms. The molecule has 10 heteroatoms. The van der Waals surface area contributed by atoms with Gasteiger partial charge in [-0.3, -0.25) is 19.2 Å². The maximum atomic E-state index is 13.6. The number of fused-ring (bicyclic) bond motifs is 8. The molecule has 8 bridgehead atoms. The Morgan fingerprint density at radius 2 is 0.833 bits per heavy atom. The summed E-state index contributed by atoms with van der Waals surface area (Å²) in [6, 6.07) is 9.86. The minimum absolute atomic E-state index is 0.0653. The molecule has 5 rings (SSSR count). The predicted molar refractivity (Wildman–Crippen MR) is 146 cm³/mol. The molecular weight excluding hydrogens is 544 g/mol. The molecule has 0 atom stereocenters. The largest absolute Gasteiger partial charge is 0.481 e. The first-order valence-electron chi connectivity index (χ1n) is 13.0. The lowest BCUT2D eigenvalue weighted by Gasteiger charge is -2.22. The van der Waals surface area contributed by atoms with Crippen LogP contribution < -0.4 is 9.47 Å². The van der Waals surface area contributed by atoms with E-state index in [2.05, 4.69) is 0 Å². The van der Waals surface area contributed by atoms with E-state index in [1.807, 2.05) is 0 Å². The fourth-order valence-electron chi connectivity index (χ4n) is 5.26. The summed E-state index contributed by atoms with van der Waals surface area (Å²) >= 11 is 0. The molecule has 0 aromatic heterocycles. The molecule has 0 fully saturated rings. The molecule has 0 aliphatic heterocycles. The second-order valence-corrected chi connectivity index (χ2v) is 10.0. The maximum absolute atomic E-state index is 13.6. The van der Waals surface area contributed by atoms with E-state index in [-0.39, 0.29) is 59.5 Å². The zero-order valence-electron chi connectivity index (χ0n) is 22.2. The van der Waals surface area contributed by atoms with Crippen molar-refractivity contribution >= 4 is 35.1 Å². The summed E-state index contributed by atoms with van der Waals surface area (Å²) in [7, 11) is 0. The molecule has 0 amide bonds. The number of ether oxygens (including phenoxy) is 2. The van der Waals surface area contributed by atoms with Gasteiger partial charge in [0.2, 0.25) is 0 Å². The Morgan fingerprint density at radius 3 is 1.10 bits per heavy atom. The number of aliphatic carboxylic acids is 2. The maximum Gasteiger partial charge on any atom is 0.341 e. The highest BCUT2D eigenvalue weighted by atomic mass is 16.5. The number of carboxylic acid groups (broad SMARTS) is 2. The molecule has 2 aromatic carbocycles. The molecule has 0 unspecified atom stereocenters. The number of hydrogen-bond donors (Lipinski definition) is 2. The van der Waals surface area contributed by atoms with Gasteiger partial charge >= 0.3 is 11.9 Å². The first-order chi connectivity index (χ1) is 20.1. The Bertz CT molecular complexity index is 1480. The lowest BCUT2D eigenvalue weighted by atomic mass is 9.84. The van der Waals surface area contributed by atoms with Crippen molar-refractivity contribution in [2.75, 3.05) is 13.2 Å². The Morgan fingerprint density at radius 1 is 0.548 bits per heavy atom. The average molecular weight is 569 g/mol. The van der Waals surface area contributed by atoms with Gasteiger partial charge in [-0.05, 0) is 46.6 Å². The van der Waals surface area contributed by atoms with Crippen LogP contribution in [0.3, 0.4) is 0 Å². The topological polar surface area (TPSA) is 161 Å². The molecule has 0 spiro atoms. The van der Waals surface area contributed by atoms with Crippen LogP contribution in [0.4, 0.5) is 0 Å². The van der Waals surface area contributed by atoms with Gasteiger partial charge in [-0.1, -0.05) is 36.4 Å². The van der Waals surface area contributed by atoms with Crippen LogP contribution in [0.15, 0.2) is 83.0 Å². The fourth-order valence-corrected chi connectivity index (χ4v) is 5.26. The van der Waals surface area contributed by atoms with Gasteiger partial charge < -0.3 is 19.7 Å². The van der Waals surface area contributed by atoms with Crippen LogP contribution in [-0.2, 0) is 54.5 Å². The molecule has 3 aliphatic carbocycles. The van der Waals surface area contributed by atoms with Gasteiger partial charge in [-0.25, -0.2) is 9.59 Å². The molecule has 0 saturated heterocycles. The number of carboxylic acids is 2. The lowest BCUT2D eigenvalue weighted by molar-refractivity contribution is -0.140. The van der Waals surface area contributed by atoms with Gasteiger partial charge in [-0.2, -0.15) is 0 Å². The minimum atomic E-state index is -1.23. The minimum Gasteiger partial charge on any atom is -0.481 e. The number of Topliss-reactive ketones (excluding diaryl/α,β-unsaturated/α-hetero) is 2. The Kier molecular flexibility index (Phi) is 7.79. The number of ketones is 4. The van der Waals surface area contributed by atoms with E-state index in [9.17, 15) is 39.0 Å². The number of carbonyl (C=O) groups excluding carboxylic acids is 4. The fraction of sp³-hybridized carbons (Fsp3) is 0.188. The van der Waals surface area contributed by atoms with Gasteiger partial charge in [0.1, 0.15) is 11.5 Å². The second kappa shape index (κ2) is 11.6. The summed E-state index contributed by atoms with van der Waals surface area (Å²) in [6.45, 7) is -1.38. The lowest BCUT2D eigenvalue weighted by Crippen LogP contribution is -2.21. The van der Waals surface area contributed by atoms with E-state index >= 15 is 0 Å². The van der Waals surface area contributed by atoms with Crippen molar-refractivity contribution in [1.82, 2.24) is 0 Å². The van der Waals surface area contributed by atoms with Crippen molar-refractivity contribution in [1.29, 1.82) is 0 Å². The molecule has 0 heterocycles. The van der Waals surface area contributed by atoms with E-state index in [0.717, 1.165) is 0 Å². The molecular formula is C32H24O10. The Hall–Kier alpha value is -5.38. The van der Waals surface area contributed by atoms with Crippen molar-refractivity contribution in [2.45, 2.75) is 25.7 Å².